The molecule has 70 valence electrons. The number of primary amides is 1. The first-order valence-corrected chi connectivity index (χ1v) is 4.22. The van der Waals surface area contributed by atoms with Gasteiger partial charge in [0.25, 0.3) is 5.91 Å². The number of hydrogen-bond acceptors (Lipinski definition) is 3. The first-order chi connectivity index (χ1) is 6.06. The Bertz CT molecular complexity index is 351. The Morgan fingerprint density at radius 1 is 1.62 bits per heavy atom. The first kappa shape index (κ1) is 9.85. The number of halogens is 1. The lowest BCUT2D eigenvalue weighted by Crippen LogP contribution is -2.11. The second-order valence-corrected chi connectivity index (χ2v) is 3.22. The molecule has 3 N–H and O–H groups in total. The molecule has 0 aliphatic heterocycles. The predicted molar refractivity (Wildman–Crippen MR) is 50.9 cm³/mol. The molecule has 0 bridgehead atoms. The second-order valence-electron chi connectivity index (χ2n) is 2.37. The van der Waals surface area contributed by atoms with Crippen molar-refractivity contribution in [1.29, 1.82) is 0 Å². The Morgan fingerprint density at radius 2 is 2.23 bits per heavy atom. The Labute approximate surface area is 83.4 Å². The van der Waals surface area contributed by atoms with E-state index in [1.54, 1.807) is 0 Å². The van der Waals surface area contributed by atoms with E-state index in [4.69, 9.17) is 10.5 Å². The maximum atomic E-state index is 10.8. The van der Waals surface area contributed by atoms with Gasteiger partial charge in [-0.2, -0.15) is 0 Å². The molecule has 0 saturated heterocycles. The van der Waals surface area contributed by atoms with Crippen molar-refractivity contribution in [2.24, 2.45) is 5.73 Å². The number of hydrogen-bond donors (Lipinski definition) is 2. The topological polar surface area (TPSA) is 72.6 Å². The molecule has 1 aromatic carbocycles. The van der Waals surface area contributed by atoms with Crippen LogP contribution in [-0.4, -0.2) is 18.1 Å². The fourth-order valence-corrected chi connectivity index (χ4v) is 1.40. The van der Waals surface area contributed by atoms with Crippen LogP contribution in [0, 0.1) is 0 Å². The summed E-state index contributed by atoms with van der Waals surface area (Å²) in [6, 6.07) is 2.74. The van der Waals surface area contributed by atoms with E-state index in [0.29, 0.717) is 10.2 Å². The number of carbonyl (C=O) groups is 1. The van der Waals surface area contributed by atoms with Gasteiger partial charge in [-0.25, -0.2) is 0 Å². The summed E-state index contributed by atoms with van der Waals surface area (Å²) in [5.41, 5.74) is 5.08. The minimum atomic E-state index is -0.680. The molecule has 13 heavy (non-hydrogen) atoms. The smallest absolute Gasteiger partial charge is 0.252 e. The number of nitrogens with two attached hydrogens (primary N) is 1. The molecular weight excluding hydrogens is 238 g/mol. The summed E-state index contributed by atoms with van der Waals surface area (Å²) in [4.78, 5) is 10.8. The van der Waals surface area contributed by atoms with Gasteiger partial charge in [-0.15, -0.1) is 0 Å². The van der Waals surface area contributed by atoms with Crippen molar-refractivity contribution in [3.63, 3.8) is 0 Å². The molecule has 1 rings (SSSR count). The Hall–Kier alpha value is -1.23. The van der Waals surface area contributed by atoms with Crippen molar-refractivity contribution in [3.05, 3.63) is 22.2 Å². The molecule has 0 heterocycles. The first-order valence-electron chi connectivity index (χ1n) is 3.42. The van der Waals surface area contributed by atoms with Crippen molar-refractivity contribution in [3.8, 4) is 11.5 Å². The van der Waals surface area contributed by atoms with E-state index in [1.165, 1.54) is 19.2 Å². The molecule has 5 heteroatoms. The van der Waals surface area contributed by atoms with Crippen molar-refractivity contribution >= 4 is 21.8 Å². The maximum Gasteiger partial charge on any atom is 0.252 e. The number of ether oxygens (including phenoxy) is 1. The number of methoxy groups -OCH3 is 1. The highest BCUT2D eigenvalue weighted by molar-refractivity contribution is 9.10. The summed E-state index contributed by atoms with van der Waals surface area (Å²) in [7, 11) is 1.46. The second kappa shape index (κ2) is 3.66. The van der Waals surface area contributed by atoms with E-state index < -0.39 is 5.91 Å². The van der Waals surface area contributed by atoms with Crippen LogP contribution in [0.2, 0.25) is 0 Å². The third kappa shape index (κ3) is 1.92. The molecule has 1 amide bonds. The highest BCUT2D eigenvalue weighted by atomic mass is 79.9. The van der Waals surface area contributed by atoms with Gasteiger partial charge in [0.15, 0.2) is 0 Å². The number of phenols is 1. The van der Waals surface area contributed by atoms with E-state index in [1.807, 2.05) is 0 Å². The molecule has 4 nitrogen and oxygen atoms in total. The minimum Gasteiger partial charge on any atom is -0.507 e. The number of carbonyl (C=O) groups excluding carboxylic acids is 1. The van der Waals surface area contributed by atoms with Gasteiger partial charge in [0.2, 0.25) is 0 Å². The molecule has 0 radical (unpaired) electrons. The number of benzene rings is 1. The van der Waals surface area contributed by atoms with Crippen molar-refractivity contribution in [2.45, 2.75) is 0 Å². The van der Waals surface area contributed by atoms with Gasteiger partial charge in [0.05, 0.1) is 17.1 Å². The zero-order valence-electron chi connectivity index (χ0n) is 6.87. The van der Waals surface area contributed by atoms with Crippen LogP contribution < -0.4 is 10.5 Å². The quantitative estimate of drug-likeness (QED) is 0.825. The molecule has 0 unspecified atom stereocenters. The molecule has 0 aliphatic carbocycles. The van der Waals surface area contributed by atoms with Crippen molar-refractivity contribution in [1.82, 2.24) is 0 Å². The van der Waals surface area contributed by atoms with Gasteiger partial charge in [-0.1, -0.05) is 0 Å². The summed E-state index contributed by atoms with van der Waals surface area (Å²) in [5.74, 6) is -0.420. The van der Waals surface area contributed by atoms with Gasteiger partial charge in [0, 0.05) is 6.07 Å². The molecule has 0 aliphatic rings. The highest BCUT2D eigenvalue weighted by Crippen LogP contribution is 2.31. The van der Waals surface area contributed by atoms with Gasteiger partial charge >= 0.3 is 0 Å². The number of amides is 1. The third-order valence-electron chi connectivity index (χ3n) is 1.54. The van der Waals surface area contributed by atoms with E-state index in [2.05, 4.69) is 15.9 Å². The van der Waals surface area contributed by atoms with Crippen LogP contribution >= 0.6 is 15.9 Å². The van der Waals surface area contributed by atoms with Crippen LogP contribution in [0.5, 0.6) is 11.5 Å². The summed E-state index contributed by atoms with van der Waals surface area (Å²) in [5, 5.41) is 9.32. The fourth-order valence-electron chi connectivity index (χ4n) is 0.896. The Balaban J connectivity index is 3.28. The average Bonchev–Trinajstić information content (AvgIpc) is 2.07. The molecule has 0 aromatic heterocycles. The lowest BCUT2D eigenvalue weighted by atomic mass is 10.2. The zero-order valence-corrected chi connectivity index (χ0v) is 8.46. The monoisotopic (exact) mass is 245 g/mol. The summed E-state index contributed by atoms with van der Waals surface area (Å²) >= 11 is 3.17. The standard InChI is InChI=1S/C8H8BrNO3/c1-13-7-3-6(11)4(8(10)12)2-5(7)9/h2-3,11H,1H3,(H2,10,12). The van der Waals surface area contributed by atoms with Crippen LogP contribution in [0.3, 0.4) is 0 Å². The maximum absolute atomic E-state index is 10.8. The van der Waals surface area contributed by atoms with Crippen LogP contribution in [0.25, 0.3) is 0 Å². The normalized spacial score (nSPS) is 9.69. The van der Waals surface area contributed by atoms with E-state index in [0.717, 1.165) is 0 Å². The van der Waals surface area contributed by atoms with Crippen molar-refractivity contribution < 1.29 is 14.6 Å². The molecular formula is C8H8BrNO3. The van der Waals surface area contributed by atoms with Crippen LogP contribution in [0.15, 0.2) is 16.6 Å². The average molecular weight is 246 g/mol. The molecule has 1 aromatic rings. The van der Waals surface area contributed by atoms with E-state index >= 15 is 0 Å². The van der Waals surface area contributed by atoms with Gasteiger partial charge < -0.3 is 15.6 Å². The molecule has 0 atom stereocenters. The van der Waals surface area contributed by atoms with Gasteiger partial charge in [-0.05, 0) is 22.0 Å². The van der Waals surface area contributed by atoms with Gasteiger partial charge in [-0.3, -0.25) is 4.79 Å². The van der Waals surface area contributed by atoms with E-state index in [-0.39, 0.29) is 11.3 Å². The lowest BCUT2D eigenvalue weighted by Gasteiger charge is -2.06. The molecule has 0 saturated carbocycles. The van der Waals surface area contributed by atoms with E-state index in [9.17, 15) is 9.90 Å². The lowest BCUT2D eigenvalue weighted by molar-refractivity contribution is 0.0997. The minimum absolute atomic E-state index is 0.0627. The summed E-state index contributed by atoms with van der Waals surface area (Å²) < 4.78 is 5.47. The van der Waals surface area contributed by atoms with Crippen LogP contribution in [0.4, 0.5) is 0 Å². The summed E-state index contributed by atoms with van der Waals surface area (Å²) in [6.45, 7) is 0. The van der Waals surface area contributed by atoms with Gasteiger partial charge in [0.1, 0.15) is 11.5 Å². The Morgan fingerprint density at radius 3 is 2.69 bits per heavy atom. The zero-order chi connectivity index (χ0) is 10.0. The van der Waals surface area contributed by atoms with Crippen LogP contribution in [-0.2, 0) is 0 Å². The summed E-state index contributed by atoms with van der Waals surface area (Å²) in [6.07, 6.45) is 0. The van der Waals surface area contributed by atoms with Crippen molar-refractivity contribution in [2.75, 3.05) is 7.11 Å². The van der Waals surface area contributed by atoms with Crippen LogP contribution in [0.1, 0.15) is 10.4 Å². The highest BCUT2D eigenvalue weighted by Gasteiger charge is 2.11. The molecule has 0 fully saturated rings. The number of aromatic hydroxyl groups is 1. The largest absolute Gasteiger partial charge is 0.507 e. The Kier molecular flexibility index (Phi) is 2.77. The molecule has 0 spiro atoms. The number of rotatable bonds is 2. The SMILES string of the molecule is COc1cc(O)c(C(N)=O)cc1Br. The predicted octanol–water partition coefficient (Wildman–Crippen LogP) is 1.26. The third-order valence-corrected chi connectivity index (χ3v) is 2.16. The fraction of sp³-hybridized carbons (Fsp3) is 0.125.